The monoisotopic (exact) mass is 635 g/mol. The van der Waals surface area contributed by atoms with E-state index >= 15 is 4.39 Å². The van der Waals surface area contributed by atoms with Crippen LogP contribution in [0.1, 0.15) is 20.8 Å². The molecule has 2 saturated heterocycles. The SMILES string of the molecule is CC(C)(C)OC(=O)N1CCN(c2ccc(N3C[C@H](CN(C(=O)OCC(Cl)(Cl)Cl)c4ccon4)OC3=O)cc2F)CC1. The first-order valence-corrected chi connectivity index (χ1v) is 13.8. The number of benzene rings is 1. The zero-order chi connectivity index (χ0) is 29.9. The molecule has 12 nitrogen and oxygen atoms in total. The Morgan fingerprint density at radius 1 is 1.15 bits per heavy atom. The molecule has 3 amide bonds. The second-order valence-electron chi connectivity index (χ2n) is 10.3. The summed E-state index contributed by atoms with van der Waals surface area (Å²) in [7, 11) is 0. The molecule has 0 unspecified atom stereocenters. The molecule has 41 heavy (non-hydrogen) atoms. The van der Waals surface area contributed by atoms with E-state index in [0.29, 0.717) is 31.9 Å². The van der Waals surface area contributed by atoms with Gasteiger partial charge in [0.05, 0.1) is 24.5 Å². The molecule has 224 valence electrons. The minimum Gasteiger partial charge on any atom is -0.445 e. The van der Waals surface area contributed by atoms with Gasteiger partial charge < -0.3 is 28.5 Å². The fraction of sp³-hybridized carbons (Fsp3) is 0.520. The van der Waals surface area contributed by atoms with Crippen molar-refractivity contribution in [3.63, 3.8) is 0 Å². The Morgan fingerprint density at radius 3 is 2.44 bits per heavy atom. The van der Waals surface area contributed by atoms with Gasteiger partial charge in [-0.2, -0.15) is 0 Å². The van der Waals surface area contributed by atoms with Gasteiger partial charge in [0.2, 0.25) is 3.79 Å². The zero-order valence-electron chi connectivity index (χ0n) is 22.5. The predicted octanol–water partition coefficient (Wildman–Crippen LogP) is 5.21. The molecule has 4 rings (SSSR count). The average Bonchev–Trinajstić information content (AvgIpc) is 3.54. The number of anilines is 3. The largest absolute Gasteiger partial charge is 0.445 e. The standard InChI is InChI=1S/C25H29Cl3FN5O7/c1-24(2,3)41-21(35)32-9-7-31(8-10-32)19-5-4-16(12-18(19)29)33-13-17(40-23(33)37)14-34(20-6-11-39-30-20)22(36)38-15-25(26,27)28/h4-6,11-12,17H,7-10,13-15H2,1-3H3/t17-/m1/s1. The number of carbonyl (C=O) groups is 3. The third-order valence-corrected chi connectivity index (χ3v) is 6.38. The Morgan fingerprint density at radius 2 is 1.85 bits per heavy atom. The molecule has 2 aliphatic rings. The summed E-state index contributed by atoms with van der Waals surface area (Å²) in [6, 6.07) is 5.83. The van der Waals surface area contributed by atoms with Crippen LogP contribution in [0.25, 0.3) is 0 Å². The molecule has 0 N–H and O–H groups in total. The maximum Gasteiger partial charge on any atom is 0.415 e. The van der Waals surface area contributed by atoms with Crippen LogP contribution in [0, 0.1) is 5.82 Å². The number of ether oxygens (including phenoxy) is 3. The van der Waals surface area contributed by atoms with E-state index in [2.05, 4.69) is 5.16 Å². The normalized spacial score (nSPS) is 17.9. The molecular weight excluding hydrogens is 608 g/mol. The van der Waals surface area contributed by atoms with Crippen molar-refractivity contribution in [1.29, 1.82) is 0 Å². The lowest BCUT2D eigenvalue weighted by atomic mass is 10.2. The van der Waals surface area contributed by atoms with Crippen LogP contribution in [0.2, 0.25) is 0 Å². The second kappa shape index (κ2) is 12.4. The van der Waals surface area contributed by atoms with Crippen LogP contribution in [0.4, 0.5) is 36.0 Å². The number of carbonyl (C=O) groups excluding carboxylic acids is 3. The van der Waals surface area contributed by atoms with Crippen molar-refractivity contribution in [2.24, 2.45) is 0 Å². The highest BCUT2D eigenvalue weighted by Crippen LogP contribution is 2.30. The summed E-state index contributed by atoms with van der Waals surface area (Å²) in [6.07, 6.45) is -1.59. The smallest absolute Gasteiger partial charge is 0.415 e. The second-order valence-corrected chi connectivity index (χ2v) is 12.9. The first-order valence-electron chi connectivity index (χ1n) is 12.6. The van der Waals surface area contributed by atoms with Crippen molar-refractivity contribution < 1.29 is 37.5 Å². The van der Waals surface area contributed by atoms with Crippen LogP contribution >= 0.6 is 34.8 Å². The van der Waals surface area contributed by atoms with Crippen LogP contribution in [0.5, 0.6) is 0 Å². The molecule has 3 heterocycles. The van der Waals surface area contributed by atoms with Gasteiger partial charge in [0.15, 0.2) is 5.82 Å². The molecule has 0 bridgehead atoms. The molecule has 2 fully saturated rings. The molecule has 1 aromatic carbocycles. The molecule has 0 aliphatic carbocycles. The van der Waals surface area contributed by atoms with E-state index in [1.165, 1.54) is 23.3 Å². The Labute approximate surface area is 250 Å². The molecule has 0 radical (unpaired) electrons. The summed E-state index contributed by atoms with van der Waals surface area (Å²) in [5.74, 6) is -0.444. The van der Waals surface area contributed by atoms with Gasteiger partial charge in [0.1, 0.15) is 30.4 Å². The number of hydrogen-bond acceptors (Lipinski definition) is 9. The number of halogens is 4. The van der Waals surface area contributed by atoms with Crippen molar-refractivity contribution in [3.8, 4) is 0 Å². The predicted molar refractivity (Wildman–Crippen MR) is 150 cm³/mol. The van der Waals surface area contributed by atoms with Crippen LogP contribution in [-0.4, -0.2) is 89.7 Å². The molecule has 1 aromatic heterocycles. The van der Waals surface area contributed by atoms with E-state index in [1.54, 1.807) is 37.8 Å². The summed E-state index contributed by atoms with van der Waals surface area (Å²) in [5.41, 5.74) is 0.0172. The van der Waals surface area contributed by atoms with E-state index in [-0.39, 0.29) is 24.6 Å². The molecule has 2 aromatic rings. The van der Waals surface area contributed by atoms with Gasteiger partial charge in [-0.25, -0.2) is 18.8 Å². The maximum absolute atomic E-state index is 15.2. The maximum atomic E-state index is 15.2. The lowest BCUT2D eigenvalue weighted by Crippen LogP contribution is -2.50. The van der Waals surface area contributed by atoms with E-state index in [1.807, 2.05) is 4.90 Å². The number of aromatic nitrogens is 1. The van der Waals surface area contributed by atoms with Gasteiger partial charge in [0, 0.05) is 32.2 Å². The van der Waals surface area contributed by atoms with Gasteiger partial charge >= 0.3 is 18.3 Å². The molecule has 0 saturated carbocycles. The average molecular weight is 637 g/mol. The van der Waals surface area contributed by atoms with E-state index < -0.39 is 46.2 Å². The lowest BCUT2D eigenvalue weighted by molar-refractivity contribution is 0.0240. The third kappa shape index (κ3) is 8.20. The minimum absolute atomic E-state index is 0.0122. The van der Waals surface area contributed by atoms with Crippen molar-refractivity contribution >= 4 is 70.3 Å². The topological polar surface area (TPSA) is 118 Å². The first kappa shape index (κ1) is 30.8. The molecule has 1 atom stereocenters. The highest BCUT2D eigenvalue weighted by atomic mass is 35.6. The van der Waals surface area contributed by atoms with Gasteiger partial charge in [-0.05, 0) is 39.0 Å². The summed E-state index contributed by atoms with van der Waals surface area (Å²) in [6.45, 7) is 6.30. The van der Waals surface area contributed by atoms with Crippen LogP contribution in [0.15, 0.2) is 35.1 Å². The minimum atomic E-state index is -1.83. The number of rotatable bonds is 6. The Bertz CT molecular complexity index is 1250. The van der Waals surface area contributed by atoms with Crippen molar-refractivity contribution in [2.45, 2.75) is 36.3 Å². The quantitative estimate of drug-likeness (QED) is 0.311. The highest BCUT2D eigenvalue weighted by molar-refractivity contribution is 6.67. The first-order chi connectivity index (χ1) is 19.2. The fourth-order valence-electron chi connectivity index (χ4n) is 4.24. The number of nitrogens with zero attached hydrogens (tertiary/aromatic N) is 5. The molecule has 16 heteroatoms. The van der Waals surface area contributed by atoms with Crippen molar-refractivity contribution in [2.75, 3.05) is 60.6 Å². The zero-order valence-corrected chi connectivity index (χ0v) is 24.8. The van der Waals surface area contributed by atoms with Gasteiger partial charge in [-0.3, -0.25) is 9.80 Å². The molecule has 2 aliphatic heterocycles. The summed E-state index contributed by atoms with van der Waals surface area (Å²) in [4.78, 5) is 43.4. The van der Waals surface area contributed by atoms with Crippen molar-refractivity contribution in [1.82, 2.24) is 10.1 Å². The van der Waals surface area contributed by atoms with E-state index in [9.17, 15) is 14.4 Å². The number of cyclic esters (lactones) is 1. The number of piperazine rings is 1. The van der Waals surface area contributed by atoms with Gasteiger partial charge in [-0.15, -0.1) is 0 Å². The molecular formula is C25H29Cl3FN5O7. The van der Waals surface area contributed by atoms with E-state index in [0.717, 1.165) is 4.90 Å². The number of amides is 3. The Kier molecular flexibility index (Phi) is 9.29. The van der Waals surface area contributed by atoms with Crippen LogP contribution in [-0.2, 0) is 14.2 Å². The number of hydrogen-bond donors (Lipinski definition) is 0. The molecule has 0 spiro atoms. The summed E-state index contributed by atoms with van der Waals surface area (Å²) < 4.78 is 34.1. The van der Waals surface area contributed by atoms with E-state index in [4.69, 9.17) is 53.5 Å². The Balaban J connectivity index is 1.38. The summed E-state index contributed by atoms with van der Waals surface area (Å²) >= 11 is 17.0. The Hall–Kier alpha value is -3.16. The number of alkyl halides is 3. The fourth-order valence-corrected chi connectivity index (χ4v) is 4.40. The van der Waals surface area contributed by atoms with Crippen LogP contribution in [0.3, 0.4) is 0 Å². The highest BCUT2D eigenvalue weighted by Gasteiger charge is 2.37. The summed E-state index contributed by atoms with van der Waals surface area (Å²) in [5, 5.41) is 3.73. The van der Waals surface area contributed by atoms with Crippen LogP contribution < -0.4 is 14.7 Å². The lowest BCUT2D eigenvalue weighted by Gasteiger charge is -2.37. The van der Waals surface area contributed by atoms with Gasteiger partial charge in [-0.1, -0.05) is 40.0 Å². The van der Waals surface area contributed by atoms with Gasteiger partial charge in [0.25, 0.3) is 0 Å². The third-order valence-electron chi connectivity index (χ3n) is 6.06. The van der Waals surface area contributed by atoms with Crippen molar-refractivity contribution in [3.05, 3.63) is 36.3 Å².